The first kappa shape index (κ1) is 17.1. The zero-order valence-corrected chi connectivity index (χ0v) is 14.9. The van der Waals surface area contributed by atoms with Gasteiger partial charge in [0, 0.05) is 19.0 Å². The summed E-state index contributed by atoms with van der Waals surface area (Å²) >= 11 is 0. The van der Waals surface area contributed by atoms with Crippen LogP contribution in [0, 0.1) is 0 Å². The van der Waals surface area contributed by atoms with Gasteiger partial charge in [-0.3, -0.25) is 0 Å². The van der Waals surface area contributed by atoms with Gasteiger partial charge in [0.1, 0.15) is 0 Å². The second kappa shape index (κ2) is 7.03. The van der Waals surface area contributed by atoms with Gasteiger partial charge in [-0.2, -0.15) is 9.29 Å². The van der Waals surface area contributed by atoms with Crippen molar-refractivity contribution >= 4 is 10.0 Å². The number of piperidine rings is 1. The SMILES string of the molecule is CC[C@H](C)c1noc([C@@H]2CCCN(S(=O)(=O)c3ccccc3)C2)n1. The molecule has 0 spiro atoms. The van der Waals surface area contributed by atoms with E-state index in [0.29, 0.717) is 29.7 Å². The molecule has 0 radical (unpaired) electrons. The van der Waals surface area contributed by atoms with Crippen LogP contribution < -0.4 is 0 Å². The summed E-state index contributed by atoms with van der Waals surface area (Å²) in [5, 5.41) is 4.05. The summed E-state index contributed by atoms with van der Waals surface area (Å²) in [5.74, 6) is 1.46. The fourth-order valence-corrected chi connectivity index (χ4v) is 4.44. The smallest absolute Gasteiger partial charge is 0.243 e. The quantitative estimate of drug-likeness (QED) is 0.829. The molecule has 0 amide bonds. The normalized spacial score (nSPS) is 20.8. The second-order valence-electron chi connectivity index (χ2n) is 6.32. The number of hydrogen-bond acceptors (Lipinski definition) is 5. The van der Waals surface area contributed by atoms with E-state index in [-0.39, 0.29) is 11.8 Å². The Labute approximate surface area is 142 Å². The highest BCUT2D eigenvalue weighted by molar-refractivity contribution is 7.89. The van der Waals surface area contributed by atoms with Crippen LogP contribution in [-0.2, 0) is 10.0 Å². The molecule has 2 heterocycles. The van der Waals surface area contributed by atoms with Crippen LogP contribution in [-0.4, -0.2) is 36.0 Å². The minimum Gasteiger partial charge on any atom is -0.339 e. The lowest BCUT2D eigenvalue weighted by atomic mass is 9.99. The van der Waals surface area contributed by atoms with Crippen molar-refractivity contribution in [3.05, 3.63) is 42.0 Å². The Balaban J connectivity index is 1.78. The van der Waals surface area contributed by atoms with Crippen LogP contribution in [0.15, 0.2) is 39.8 Å². The maximum absolute atomic E-state index is 12.8. The standard InChI is InChI=1S/C17H23N3O3S/c1-3-13(2)16-18-17(23-19-16)14-8-7-11-20(12-14)24(21,22)15-9-5-4-6-10-15/h4-6,9-10,13-14H,3,7-8,11-12H2,1-2H3/t13-,14+/m0/s1. The van der Waals surface area contributed by atoms with E-state index < -0.39 is 10.0 Å². The number of aromatic nitrogens is 2. The lowest BCUT2D eigenvalue weighted by molar-refractivity contribution is 0.265. The van der Waals surface area contributed by atoms with E-state index in [9.17, 15) is 8.42 Å². The van der Waals surface area contributed by atoms with Gasteiger partial charge in [0.2, 0.25) is 15.9 Å². The molecule has 0 saturated carbocycles. The molecular weight excluding hydrogens is 326 g/mol. The van der Waals surface area contributed by atoms with Crippen molar-refractivity contribution in [2.45, 2.75) is 49.8 Å². The Morgan fingerprint density at radius 2 is 2.08 bits per heavy atom. The fourth-order valence-electron chi connectivity index (χ4n) is 2.90. The molecule has 0 unspecified atom stereocenters. The highest BCUT2D eigenvalue weighted by Gasteiger charge is 2.33. The maximum atomic E-state index is 12.8. The van der Waals surface area contributed by atoms with Gasteiger partial charge in [0.15, 0.2) is 5.82 Å². The van der Waals surface area contributed by atoms with Crippen molar-refractivity contribution in [1.82, 2.24) is 14.4 Å². The molecule has 130 valence electrons. The Kier molecular flexibility index (Phi) is 5.01. The van der Waals surface area contributed by atoms with Crippen LogP contribution in [0.4, 0.5) is 0 Å². The molecular formula is C17H23N3O3S. The zero-order valence-electron chi connectivity index (χ0n) is 14.1. The number of hydrogen-bond donors (Lipinski definition) is 0. The molecule has 0 aliphatic carbocycles. The number of sulfonamides is 1. The zero-order chi connectivity index (χ0) is 17.2. The summed E-state index contributed by atoms with van der Waals surface area (Å²) in [6.07, 6.45) is 2.60. The van der Waals surface area contributed by atoms with Crippen molar-refractivity contribution in [3.63, 3.8) is 0 Å². The van der Waals surface area contributed by atoms with Gasteiger partial charge in [-0.25, -0.2) is 8.42 Å². The molecule has 1 aromatic carbocycles. The monoisotopic (exact) mass is 349 g/mol. The molecule has 2 atom stereocenters. The summed E-state index contributed by atoms with van der Waals surface area (Å²) in [6, 6.07) is 8.56. The van der Waals surface area contributed by atoms with E-state index in [1.165, 1.54) is 4.31 Å². The Morgan fingerprint density at radius 1 is 1.33 bits per heavy atom. The predicted octanol–water partition coefficient (Wildman–Crippen LogP) is 3.15. The molecule has 1 fully saturated rings. The number of rotatable bonds is 5. The van der Waals surface area contributed by atoms with Crippen molar-refractivity contribution in [3.8, 4) is 0 Å². The second-order valence-corrected chi connectivity index (χ2v) is 8.25. The van der Waals surface area contributed by atoms with Crippen LogP contribution in [0.2, 0.25) is 0 Å². The molecule has 6 nitrogen and oxygen atoms in total. The van der Waals surface area contributed by atoms with Gasteiger partial charge in [0.05, 0.1) is 10.8 Å². The van der Waals surface area contributed by atoms with Gasteiger partial charge < -0.3 is 4.52 Å². The van der Waals surface area contributed by atoms with Crippen molar-refractivity contribution in [2.75, 3.05) is 13.1 Å². The number of benzene rings is 1. The Morgan fingerprint density at radius 3 is 2.79 bits per heavy atom. The fraction of sp³-hybridized carbons (Fsp3) is 0.529. The predicted molar refractivity (Wildman–Crippen MR) is 90.2 cm³/mol. The molecule has 3 rings (SSSR count). The van der Waals surface area contributed by atoms with Crippen LogP contribution in [0.5, 0.6) is 0 Å². The van der Waals surface area contributed by atoms with Gasteiger partial charge in [-0.15, -0.1) is 0 Å². The van der Waals surface area contributed by atoms with E-state index in [1.54, 1.807) is 24.3 Å². The van der Waals surface area contributed by atoms with Crippen LogP contribution in [0.3, 0.4) is 0 Å². The van der Waals surface area contributed by atoms with Crippen LogP contribution in [0.25, 0.3) is 0 Å². The molecule has 2 aromatic rings. The molecule has 0 bridgehead atoms. The highest BCUT2D eigenvalue weighted by Crippen LogP contribution is 2.30. The minimum atomic E-state index is -3.47. The Bertz CT molecular complexity index is 773. The third-order valence-electron chi connectivity index (χ3n) is 4.62. The molecule has 1 aliphatic rings. The summed E-state index contributed by atoms with van der Waals surface area (Å²) in [7, 11) is -3.47. The lowest BCUT2D eigenvalue weighted by Gasteiger charge is -2.30. The van der Waals surface area contributed by atoms with Gasteiger partial charge in [-0.05, 0) is 31.4 Å². The van der Waals surface area contributed by atoms with E-state index in [0.717, 1.165) is 19.3 Å². The average molecular weight is 349 g/mol. The first-order valence-corrected chi connectivity index (χ1v) is 9.85. The molecule has 7 heteroatoms. The summed E-state index contributed by atoms with van der Waals surface area (Å²) < 4.78 is 32.5. The lowest BCUT2D eigenvalue weighted by Crippen LogP contribution is -2.39. The van der Waals surface area contributed by atoms with Crippen LogP contribution >= 0.6 is 0 Å². The van der Waals surface area contributed by atoms with E-state index in [2.05, 4.69) is 24.0 Å². The van der Waals surface area contributed by atoms with Crippen LogP contribution in [0.1, 0.15) is 56.7 Å². The minimum absolute atomic E-state index is 0.0393. The van der Waals surface area contributed by atoms with E-state index in [1.807, 2.05) is 6.07 Å². The third kappa shape index (κ3) is 3.37. The summed E-state index contributed by atoms with van der Waals surface area (Å²) in [4.78, 5) is 4.82. The average Bonchev–Trinajstić information content (AvgIpc) is 3.12. The Hall–Kier alpha value is -1.73. The van der Waals surface area contributed by atoms with Gasteiger partial charge >= 0.3 is 0 Å². The molecule has 0 N–H and O–H groups in total. The molecule has 1 aliphatic heterocycles. The maximum Gasteiger partial charge on any atom is 0.243 e. The summed E-state index contributed by atoms with van der Waals surface area (Å²) in [6.45, 7) is 5.05. The van der Waals surface area contributed by atoms with Gasteiger partial charge in [-0.1, -0.05) is 37.2 Å². The van der Waals surface area contributed by atoms with Gasteiger partial charge in [0.25, 0.3) is 0 Å². The van der Waals surface area contributed by atoms with E-state index >= 15 is 0 Å². The summed E-state index contributed by atoms with van der Waals surface area (Å²) in [5.41, 5.74) is 0. The van der Waals surface area contributed by atoms with Crippen molar-refractivity contribution in [1.29, 1.82) is 0 Å². The topological polar surface area (TPSA) is 76.3 Å². The first-order valence-electron chi connectivity index (χ1n) is 8.41. The van der Waals surface area contributed by atoms with Crippen molar-refractivity contribution in [2.24, 2.45) is 0 Å². The molecule has 1 aromatic heterocycles. The van der Waals surface area contributed by atoms with Crippen molar-refractivity contribution < 1.29 is 12.9 Å². The molecule has 1 saturated heterocycles. The number of nitrogens with zero attached hydrogens (tertiary/aromatic N) is 3. The largest absolute Gasteiger partial charge is 0.339 e. The molecule has 24 heavy (non-hydrogen) atoms. The third-order valence-corrected chi connectivity index (χ3v) is 6.50. The van der Waals surface area contributed by atoms with E-state index in [4.69, 9.17) is 4.52 Å². The highest BCUT2D eigenvalue weighted by atomic mass is 32.2. The first-order chi connectivity index (χ1) is 11.5.